The molecule has 1 aliphatic carbocycles. The Morgan fingerprint density at radius 1 is 1.15 bits per heavy atom. The SMILES string of the molecule is C=C(CCCCOC(F)(F)c1nc2c(c(N3CCCC3)n1)OC/C=C\C=C/[C@H]2C)N1CCC(N2C(=O)NC3=CC(CC)=CCC32)CC1. The highest BCUT2D eigenvalue weighted by Gasteiger charge is 2.42. The molecule has 0 aromatic carbocycles. The van der Waals surface area contributed by atoms with Gasteiger partial charge in [-0.15, -0.1) is 0 Å². The molecular weight excluding hydrogens is 602 g/mol. The van der Waals surface area contributed by atoms with Gasteiger partial charge < -0.3 is 29.5 Å². The Morgan fingerprint density at radius 3 is 2.70 bits per heavy atom. The lowest BCUT2D eigenvalue weighted by molar-refractivity contribution is -0.254. The van der Waals surface area contributed by atoms with E-state index in [4.69, 9.17) is 9.47 Å². The molecule has 11 heteroatoms. The standard InChI is InChI=1S/C36H48F2N6O3/c1-4-27-14-15-30-29(24-27)39-35(45)44(30)28-16-20-42(21-17-28)26(3)13-7-11-23-47-36(37,38)34-40-31-25(2)12-6-5-10-22-46-32(31)33(41-34)43-18-8-9-19-43/h5-6,10,12,14,24-25,28,30H,3-4,7-9,11,13,15-23H2,1-2H3,(H,39,45)/b10-5-,12-6-/t25-,30?/m1/s1. The Kier molecular flexibility index (Phi) is 10.3. The van der Waals surface area contributed by atoms with Crippen molar-refractivity contribution in [1.29, 1.82) is 0 Å². The van der Waals surface area contributed by atoms with E-state index < -0.39 is 11.9 Å². The molecule has 0 saturated carbocycles. The Bertz CT molecular complexity index is 1440. The Hall–Kier alpha value is -3.73. The Morgan fingerprint density at radius 2 is 1.94 bits per heavy atom. The molecule has 3 fully saturated rings. The molecule has 2 amide bonds. The molecule has 1 N–H and O–H groups in total. The van der Waals surface area contributed by atoms with E-state index in [1.54, 1.807) is 0 Å². The second kappa shape index (κ2) is 14.6. The predicted octanol–water partition coefficient (Wildman–Crippen LogP) is 6.92. The summed E-state index contributed by atoms with van der Waals surface area (Å²) in [7, 11) is 0. The van der Waals surface area contributed by atoms with Gasteiger partial charge in [0.25, 0.3) is 0 Å². The highest BCUT2D eigenvalue weighted by atomic mass is 19.3. The van der Waals surface area contributed by atoms with Crippen molar-refractivity contribution in [1.82, 2.24) is 25.1 Å². The molecule has 2 atom stereocenters. The zero-order valence-corrected chi connectivity index (χ0v) is 27.7. The van der Waals surface area contributed by atoms with Gasteiger partial charge in [-0.3, -0.25) is 0 Å². The number of likely N-dealkylation sites (tertiary alicyclic amines) is 1. The molecule has 9 nitrogen and oxygen atoms in total. The van der Waals surface area contributed by atoms with Crippen LogP contribution in [0.5, 0.6) is 5.75 Å². The molecule has 47 heavy (non-hydrogen) atoms. The number of halogens is 2. The lowest BCUT2D eigenvalue weighted by atomic mass is 9.95. The molecule has 1 aromatic heterocycles. The van der Waals surface area contributed by atoms with E-state index in [1.165, 1.54) is 5.57 Å². The number of alkyl halides is 2. The molecular formula is C36H48F2N6O3. The van der Waals surface area contributed by atoms with Crippen LogP contribution in [0.3, 0.4) is 0 Å². The number of allylic oxidation sites excluding steroid dienone is 6. The van der Waals surface area contributed by atoms with Crippen molar-refractivity contribution in [2.45, 2.75) is 95.7 Å². The van der Waals surface area contributed by atoms with Gasteiger partial charge in [-0.1, -0.05) is 50.3 Å². The van der Waals surface area contributed by atoms with Crippen LogP contribution >= 0.6 is 0 Å². The average Bonchev–Trinajstić information content (AvgIpc) is 3.74. The zero-order chi connectivity index (χ0) is 33.0. The number of piperidine rings is 1. The summed E-state index contributed by atoms with van der Waals surface area (Å²) in [4.78, 5) is 27.8. The predicted molar refractivity (Wildman–Crippen MR) is 178 cm³/mol. The number of nitrogens with zero attached hydrogens (tertiary/aromatic N) is 5. The van der Waals surface area contributed by atoms with Gasteiger partial charge in [0, 0.05) is 49.5 Å². The molecule has 0 bridgehead atoms. The number of fused-ring (bicyclic) bond motifs is 2. The Balaban J connectivity index is 0.992. The molecule has 3 saturated heterocycles. The van der Waals surface area contributed by atoms with E-state index in [1.807, 2.05) is 41.0 Å². The summed E-state index contributed by atoms with van der Waals surface area (Å²) in [6.07, 6.45) is 15.7. The fourth-order valence-corrected chi connectivity index (χ4v) is 7.20. The number of nitrogens with one attached hydrogen (secondary N) is 1. The van der Waals surface area contributed by atoms with Gasteiger partial charge in [-0.05, 0) is 69.9 Å². The summed E-state index contributed by atoms with van der Waals surface area (Å²) < 4.78 is 42.2. The lowest BCUT2D eigenvalue weighted by Crippen LogP contribution is -2.48. The van der Waals surface area contributed by atoms with Crippen LogP contribution in [0.4, 0.5) is 19.4 Å². The van der Waals surface area contributed by atoms with E-state index in [9.17, 15) is 4.79 Å². The zero-order valence-electron chi connectivity index (χ0n) is 27.7. The van der Waals surface area contributed by atoms with Gasteiger partial charge in [0.15, 0.2) is 11.6 Å². The van der Waals surface area contributed by atoms with Crippen LogP contribution in [0.25, 0.3) is 0 Å². The van der Waals surface area contributed by atoms with Gasteiger partial charge >= 0.3 is 12.1 Å². The first-order valence-corrected chi connectivity index (χ1v) is 17.3. The molecule has 0 spiro atoms. The summed E-state index contributed by atoms with van der Waals surface area (Å²) in [6.45, 7) is 11.7. The number of unbranched alkanes of at least 4 members (excludes halogenated alkanes) is 1. The fourth-order valence-electron chi connectivity index (χ4n) is 7.20. The van der Waals surface area contributed by atoms with Gasteiger partial charge in [0.2, 0.25) is 5.82 Å². The third-order valence-corrected chi connectivity index (χ3v) is 9.92. The van der Waals surface area contributed by atoms with Crippen molar-refractivity contribution >= 4 is 11.8 Å². The molecule has 4 aliphatic heterocycles. The van der Waals surface area contributed by atoms with Gasteiger partial charge in [0.05, 0.1) is 18.3 Å². The quantitative estimate of drug-likeness (QED) is 0.261. The van der Waals surface area contributed by atoms with Crippen LogP contribution in [0.15, 0.2) is 60.0 Å². The molecule has 254 valence electrons. The number of hydrogen-bond acceptors (Lipinski definition) is 7. The smallest absolute Gasteiger partial charge is 0.417 e. The number of anilines is 1. The molecule has 6 rings (SSSR count). The van der Waals surface area contributed by atoms with Crippen molar-refractivity contribution in [3.63, 3.8) is 0 Å². The average molecular weight is 651 g/mol. The van der Waals surface area contributed by atoms with Gasteiger partial charge in [0.1, 0.15) is 6.61 Å². The van der Waals surface area contributed by atoms with E-state index in [2.05, 4.69) is 45.8 Å². The van der Waals surface area contributed by atoms with Crippen LogP contribution in [-0.4, -0.2) is 77.3 Å². The highest BCUT2D eigenvalue weighted by Crippen LogP contribution is 2.40. The third kappa shape index (κ3) is 7.40. The summed E-state index contributed by atoms with van der Waals surface area (Å²) in [5.74, 6) is 0.0401. The fraction of sp³-hybridized carbons (Fsp3) is 0.583. The number of carbonyl (C=O) groups is 1. The number of ether oxygens (including phenoxy) is 2. The maximum absolute atomic E-state index is 15.5. The van der Waals surface area contributed by atoms with Gasteiger partial charge in [-0.25, -0.2) is 14.8 Å². The van der Waals surface area contributed by atoms with E-state index >= 15 is 8.78 Å². The molecule has 1 aromatic rings. The van der Waals surface area contributed by atoms with Crippen molar-refractivity contribution < 1.29 is 23.0 Å². The minimum Gasteiger partial charge on any atom is -0.484 e. The summed E-state index contributed by atoms with van der Waals surface area (Å²) in [5.41, 5.74) is 3.75. The summed E-state index contributed by atoms with van der Waals surface area (Å²) in [5, 5.41) is 3.09. The van der Waals surface area contributed by atoms with Crippen LogP contribution in [0.1, 0.15) is 89.1 Å². The summed E-state index contributed by atoms with van der Waals surface area (Å²) >= 11 is 0. The lowest BCUT2D eigenvalue weighted by Gasteiger charge is -2.40. The first kappa shape index (κ1) is 33.2. The third-order valence-electron chi connectivity index (χ3n) is 9.92. The van der Waals surface area contributed by atoms with E-state index in [-0.39, 0.29) is 30.6 Å². The van der Waals surface area contributed by atoms with Crippen LogP contribution in [0, 0.1) is 0 Å². The second-order valence-corrected chi connectivity index (χ2v) is 13.1. The summed E-state index contributed by atoms with van der Waals surface area (Å²) in [6, 6.07) is 0.311. The number of urea groups is 1. The minimum absolute atomic E-state index is 0.00696. The molecule has 5 heterocycles. The maximum atomic E-state index is 15.5. The largest absolute Gasteiger partial charge is 0.484 e. The van der Waals surface area contributed by atoms with Crippen molar-refractivity contribution in [3.8, 4) is 5.75 Å². The van der Waals surface area contributed by atoms with Crippen molar-refractivity contribution in [2.75, 3.05) is 44.3 Å². The Labute approximate surface area is 277 Å². The first-order valence-electron chi connectivity index (χ1n) is 17.3. The minimum atomic E-state index is -3.63. The topological polar surface area (TPSA) is 83.1 Å². The number of hydrogen-bond donors (Lipinski definition) is 1. The number of carbonyl (C=O) groups excluding carboxylic acids is 1. The second-order valence-electron chi connectivity index (χ2n) is 13.1. The van der Waals surface area contributed by atoms with E-state index in [0.29, 0.717) is 43.1 Å². The van der Waals surface area contributed by atoms with E-state index in [0.717, 1.165) is 76.1 Å². The molecule has 0 radical (unpaired) electrons. The monoisotopic (exact) mass is 650 g/mol. The van der Waals surface area contributed by atoms with Gasteiger partial charge in [-0.2, -0.15) is 8.78 Å². The van der Waals surface area contributed by atoms with Crippen LogP contribution in [-0.2, 0) is 10.8 Å². The molecule has 1 unspecified atom stereocenters. The van der Waals surface area contributed by atoms with Crippen LogP contribution in [0.2, 0.25) is 0 Å². The maximum Gasteiger partial charge on any atom is 0.417 e. The number of aromatic nitrogens is 2. The first-order chi connectivity index (χ1) is 22.7. The van der Waals surface area contributed by atoms with Crippen molar-refractivity contribution in [3.05, 3.63) is 71.5 Å². The normalized spacial score (nSPS) is 24.7. The molecule has 5 aliphatic rings. The number of amides is 2. The number of rotatable bonds is 11. The van der Waals surface area contributed by atoms with Crippen molar-refractivity contribution in [2.24, 2.45) is 0 Å². The highest BCUT2D eigenvalue weighted by molar-refractivity contribution is 5.81. The van der Waals surface area contributed by atoms with Crippen LogP contribution < -0.4 is 15.0 Å².